The van der Waals surface area contributed by atoms with Crippen molar-refractivity contribution in [3.63, 3.8) is 0 Å². The van der Waals surface area contributed by atoms with Crippen molar-refractivity contribution in [1.82, 2.24) is 10.2 Å². The number of aliphatic hydroxyl groups is 2. The Balaban J connectivity index is 1.35. The van der Waals surface area contributed by atoms with E-state index < -0.39 is 18.1 Å². The first-order chi connectivity index (χ1) is 17.0. The molecule has 0 aromatic heterocycles. The molecule has 0 radical (unpaired) electrons. The lowest BCUT2D eigenvalue weighted by atomic mass is 9.96. The average Bonchev–Trinajstić information content (AvgIpc) is 3.18. The van der Waals surface area contributed by atoms with Crippen molar-refractivity contribution in [1.29, 1.82) is 0 Å². The largest absolute Gasteiger partial charge is 0.386 e. The third-order valence-corrected chi connectivity index (χ3v) is 7.38. The van der Waals surface area contributed by atoms with Crippen LogP contribution in [0, 0.1) is 0 Å². The number of hydrogen-bond acceptors (Lipinski definition) is 5. The number of nitrogens with one attached hydrogen (secondary N) is 1. The molecule has 1 heterocycles. The summed E-state index contributed by atoms with van der Waals surface area (Å²) < 4.78 is 0. The third kappa shape index (κ3) is 4.31. The van der Waals surface area contributed by atoms with Crippen molar-refractivity contribution in [2.45, 2.75) is 43.6 Å². The Kier molecular flexibility index (Phi) is 6.56. The molecule has 3 N–H and O–H groups in total. The molecule has 1 unspecified atom stereocenters. The van der Waals surface area contributed by atoms with E-state index in [-0.39, 0.29) is 24.4 Å². The van der Waals surface area contributed by atoms with Crippen molar-refractivity contribution in [3.8, 4) is 0 Å². The molecule has 1 aliphatic carbocycles. The summed E-state index contributed by atoms with van der Waals surface area (Å²) in [7, 11) is 1.49. The highest BCUT2D eigenvalue weighted by atomic mass is 16.3. The molecule has 182 valence electrons. The lowest BCUT2D eigenvalue weighted by molar-refractivity contribution is -0.133. The molecule has 7 nitrogen and oxygen atoms in total. The van der Waals surface area contributed by atoms with Crippen LogP contribution < -0.4 is 10.2 Å². The molecule has 2 aliphatic rings. The van der Waals surface area contributed by atoms with E-state index in [1.54, 1.807) is 4.90 Å². The lowest BCUT2D eigenvalue weighted by Gasteiger charge is -2.42. The second-order valence-corrected chi connectivity index (χ2v) is 9.39. The van der Waals surface area contributed by atoms with Gasteiger partial charge < -0.3 is 20.4 Å². The van der Waals surface area contributed by atoms with Gasteiger partial charge in [-0.25, -0.2) is 0 Å². The molecule has 3 aromatic rings. The second-order valence-electron chi connectivity index (χ2n) is 9.39. The van der Waals surface area contributed by atoms with Gasteiger partial charge in [0.05, 0.1) is 18.6 Å². The number of benzene rings is 3. The zero-order valence-electron chi connectivity index (χ0n) is 19.8. The number of aliphatic hydroxyl groups excluding tert-OH is 2. The Morgan fingerprint density at radius 2 is 1.66 bits per heavy atom. The second kappa shape index (κ2) is 9.77. The fraction of sp³-hybridized carbons (Fsp3) is 0.357. The van der Waals surface area contributed by atoms with Crippen LogP contribution in [0.4, 0.5) is 5.69 Å². The van der Waals surface area contributed by atoms with Crippen LogP contribution in [0.15, 0.2) is 66.7 Å². The molecule has 0 bridgehead atoms. The van der Waals surface area contributed by atoms with E-state index in [1.807, 2.05) is 48.5 Å². The van der Waals surface area contributed by atoms with Crippen LogP contribution >= 0.6 is 0 Å². The van der Waals surface area contributed by atoms with Gasteiger partial charge in [0.15, 0.2) is 0 Å². The molecular formula is C28H31N3O4. The lowest BCUT2D eigenvalue weighted by Crippen LogP contribution is -2.52. The summed E-state index contributed by atoms with van der Waals surface area (Å²) in [5.74, 6) is -0.839. The molecular weight excluding hydrogens is 442 g/mol. The van der Waals surface area contributed by atoms with E-state index in [2.05, 4.69) is 28.4 Å². The number of hydrogen-bond donors (Lipinski definition) is 3. The van der Waals surface area contributed by atoms with Gasteiger partial charge in [-0.15, -0.1) is 0 Å². The smallest absolute Gasteiger partial charge is 0.256 e. The Bertz CT molecular complexity index is 1220. The minimum Gasteiger partial charge on any atom is -0.386 e. The minimum absolute atomic E-state index is 0.114. The molecule has 5 rings (SSSR count). The number of carbonyl (C=O) groups is 2. The summed E-state index contributed by atoms with van der Waals surface area (Å²) >= 11 is 0. The highest BCUT2D eigenvalue weighted by Crippen LogP contribution is 2.47. The maximum Gasteiger partial charge on any atom is 0.256 e. The van der Waals surface area contributed by atoms with Gasteiger partial charge in [0, 0.05) is 31.9 Å². The normalized spacial score (nSPS) is 21.1. The number of anilines is 1. The Morgan fingerprint density at radius 3 is 2.31 bits per heavy atom. The van der Waals surface area contributed by atoms with Crippen LogP contribution in [-0.2, 0) is 9.59 Å². The van der Waals surface area contributed by atoms with Crippen molar-refractivity contribution < 1.29 is 19.8 Å². The zero-order valence-corrected chi connectivity index (χ0v) is 19.8. The van der Waals surface area contributed by atoms with Crippen LogP contribution in [0.3, 0.4) is 0 Å². The van der Waals surface area contributed by atoms with Gasteiger partial charge in [-0.3, -0.25) is 14.5 Å². The highest BCUT2D eigenvalue weighted by molar-refractivity contribution is 5.99. The first-order valence-corrected chi connectivity index (χ1v) is 12.2. The Hall–Kier alpha value is -3.26. The van der Waals surface area contributed by atoms with Gasteiger partial charge in [0.25, 0.3) is 5.91 Å². The summed E-state index contributed by atoms with van der Waals surface area (Å²) in [6, 6.07) is 21.4. The van der Waals surface area contributed by atoms with E-state index in [1.165, 1.54) is 7.05 Å². The predicted octanol–water partition coefficient (Wildman–Crippen LogP) is 2.92. The van der Waals surface area contributed by atoms with E-state index in [4.69, 9.17) is 0 Å². The van der Waals surface area contributed by atoms with Crippen LogP contribution in [0.5, 0.6) is 0 Å². The number of nitrogens with zero attached hydrogens (tertiary/aromatic N) is 2. The van der Waals surface area contributed by atoms with Gasteiger partial charge >= 0.3 is 0 Å². The van der Waals surface area contributed by atoms with Crippen LogP contribution in [0.2, 0.25) is 0 Å². The number of piperidine rings is 1. The summed E-state index contributed by atoms with van der Waals surface area (Å²) in [5, 5.41) is 26.5. The Morgan fingerprint density at radius 1 is 1.00 bits per heavy atom. The molecule has 0 spiro atoms. The fourth-order valence-corrected chi connectivity index (χ4v) is 5.68. The quantitative estimate of drug-likeness (QED) is 0.512. The molecule has 1 saturated heterocycles. The highest BCUT2D eigenvalue weighted by Gasteiger charge is 2.40. The van der Waals surface area contributed by atoms with E-state index in [0.717, 1.165) is 21.9 Å². The number of amides is 2. The maximum absolute atomic E-state index is 13.3. The van der Waals surface area contributed by atoms with E-state index in [9.17, 15) is 19.8 Å². The van der Waals surface area contributed by atoms with E-state index in [0.29, 0.717) is 31.6 Å². The van der Waals surface area contributed by atoms with Gasteiger partial charge in [0.2, 0.25) is 5.91 Å². The average molecular weight is 474 g/mol. The molecule has 7 heteroatoms. The maximum atomic E-state index is 13.3. The van der Waals surface area contributed by atoms with Crippen molar-refractivity contribution in [3.05, 3.63) is 77.9 Å². The van der Waals surface area contributed by atoms with Crippen molar-refractivity contribution in [2.24, 2.45) is 0 Å². The van der Waals surface area contributed by atoms with Gasteiger partial charge in [0.1, 0.15) is 6.10 Å². The number of carbonyl (C=O) groups excluding carboxylic acids is 2. The molecule has 0 saturated carbocycles. The van der Waals surface area contributed by atoms with Crippen molar-refractivity contribution >= 4 is 28.3 Å². The SMILES string of the molecule is CNC(=O)CC(O)C(=O)N(c1ccccc1)C1CCN([C@H]2c3cccc4cccc(c34)[C@@H]2O)CC1. The summed E-state index contributed by atoms with van der Waals surface area (Å²) in [4.78, 5) is 29.1. The first-order valence-electron chi connectivity index (χ1n) is 12.2. The summed E-state index contributed by atoms with van der Waals surface area (Å²) in [6.07, 6.45) is -0.870. The van der Waals surface area contributed by atoms with Gasteiger partial charge in [-0.2, -0.15) is 0 Å². The predicted molar refractivity (Wildman–Crippen MR) is 135 cm³/mol. The summed E-state index contributed by atoms with van der Waals surface area (Å²) in [6.45, 7) is 1.41. The monoisotopic (exact) mass is 473 g/mol. The molecule has 3 aromatic carbocycles. The number of para-hydroxylation sites is 1. The minimum atomic E-state index is -1.41. The topological polar surface area (TPSA) is 93.1 Å². The van der Waals surface area contributed by atoms with Crippen LogP contribution in [0.25, 0.3) is 10.8 Å². The van der Waals surface area contributed by atoms with Crippen molar-refractivity contribution in [2.75, 3.05) is 25.0 Å². The third-order valence-electron chi connectivity index (χ3n) is 7.38. The Labute approximate surface area is 205 Å². The molecule has 1 aliphatic heterocycles. The fourth-order valence-electron chi connectivity index (χ4n) is 5.68. The number of rotatable bonds is 6. The number of likely N-dealkylation sites (tertiary alicyclic amines) is 1. The first kappa shape index (κ1) is 23.5. The van der Waals surface area contributed by atoms with Crippen LogP contribution in [-0.4, -0.2) is 59.2 Å². The summed E-state index contributed by atoms with van der Waals surface area (Å²) in [5.41, 5.74) is 2.84. The molecule has 35 heavy (non-hydrogen) atoms. The van der Waals surface area contributed by atoms with E-state index >= 15 is 0 Å². The molecule has 1 fully saturated rings. The zero-order chi connectivity index (χ0) is 24.5. The molecule has 3 atom stereocenters. The van der Waals surface area contributed by atoms with Gasteiger partial charge in [-0.1, -0.05) is 54.6 Å². The van der Waals surface area contributed by atoms with Gasteiger partial charge in [-0.05, 0) is 46.9 Å². The molecule has 2 amide bonds. The standard InChI is InChI=1S/C28H31N3O4/c1-29-24(33)17-23(32)28(35)31(19-9-3-2-4-10-19)20-13-15-30(16-14-20)26-21-11-5-7-18-8-6-12-22(25(18)21)27(26)34/h2-12,20,23,26-27,32,34H,13-17H2,1H3,(H,29,33)/t23?,26-,27-/m0/s1. The van der Waals surface area contributed by atoms with Crippen LogP contribution in [0.1, 0.15) is 42.5 Å².